The predicted molar refractivity (Wildman–Crippen MR) is 126 cm³/mol. The Morgan fingerprint density at radius 1 is 1.09 bits per heavy atom. The Hall–Kier alpha value is -2.98. The third-order valence-electron chi connectivity index (χ3n) is 5.88. The first-order valence-corrected chi connectivity index (χ1v) is 12.7. The van der Waals surface area contributed by atoms with Gasteiger partial charge in [-0.25, -0.2) is 12.8 Å². The van der Waals surface area contributed by atoms with Crippen molar-refractivity contribution in [1.29, 1.82) is 0 Å². The maximum atomic E-state index is 13.4. The van der Waals surface area contributed by atoms with Crippen LogP contribution in [0.4, 0.5) is 4.39 Å². The summed E-state index contributed by atoms with van der Waals surface area (Å²) in [5.74, 6) is -0.825. The molecule has 0 radical (unpaired) electrons. The molecule has 3 rings (SSSR count). The quantitative estimate of drug-likeness (QED) is 0.581. The number of nitrogens with zero attached hydrogens (tertiary/aromatic N) is 2. The molecule has 0 bridgehead atoms. The largest absolute Gasteiger partial charge is 0.494 e. The van der Waals surface area contributed by atoms with E-state index in [4.69, 9.17) is 4.74 Å². The van der Waals surface area contributed by atoms with Crippen LogP contribution in [0.25, 0.3) is 0 Å². The van der Waals surface area contributed by atoms with Crippen LogP contribution >= 0.6 is 0 Å². The summed E-state index contributed by atoms with van der Waals surface area (Å²) in [6.07, 6.45) is 0. The molecule has 1 N–H and O–H groups in total. The van der Waals surface area contributed by atoms with E-state index in [1.165, 1.54) is 24.0 Å². The van der Waals surface area contributed by atoms with E-state index in [1.54, 1.807) is 31.2 Å². The van der Waals surface area contributed by atoms with Crippen molar-refractivity contribution in [2.75, 3.05) is 25.4 Å². The lowest BCUT2D eigenvalue weighted by atomic mass is 9.94. The number of carbonyl (C=O) groups excluding carboxylic acids is 2. The molecule has 1 atom stereocenters. The average Bonchev–Trinajstić information content (AvgIpc) is 2.82. The van der Waals surface area contributed by atoms with Gasteiger partial charge in [0.15, 0.2) is 0 Å². The van der Waals surface area contributed by atoms with Crippen LogP contribution in [-0.4, -0.2) is 60.4 Å². The summed E-state index contributed by atoms with van der Waals surface area (Å²) in [5.41, 5.74) is 0.00803. The van der Waals surface area contributed by atoms with Gasteiger partial charge in [0.2, 0.25) is 21.8 Å². The van der Waals surface area contributed by atoms with Gasteiger partial charge in [0.1, 0.15) is 17.1 Å². The van der Waals surface area contributed by atoms with E-state index in [-0.39, 0.29) is 37.7 Å². The second-order valence-corrected chi connectivity index (χ2v) is 10.6. The lowest BCUT2D eigenvalue weighted by Gasteiger charge is -2.46. The van der Waals surface area contributed by atoms with Crippen LogP contribution in [0.5, 0.6) is 5.75 Å². The summed E-state index contributed by atoms with van der Waals surface area (Å²) < 4.78 is 44.8. The van der Waals surface area contributed by atoms with E-state index >= 15 is 0 Å². The molecule has 1 saturated heterocycles. The van der Waals surface area contributed by atoms with Crippen molar-refractivity contribution in [2.24, 2.45) is 0 Å². The summed E-state index contributed by atoms with van der Waals surface area (Å²) in [5, 5.41) is 2.78. The number of benzene rings is 2. The molecule has 34 heavy (non-hydrogen) atoms. The number of hydrogen-bond donors (Lipinski definition) is 1. The number of piperazine rings is 1. The van der Waals surface area contributed by atoms with Crippen molar-refractivity contribution in [2.45, 2.75) is 39.4 Å². The smallest absolute Gasteiger partial charge is 0.247 e. The minimum Gasteiger partial charge on any atom is -0.494 e. The molecule has 1 fully saturated rings. The van der Waals surface area contributed by atoms with Crippen LogP contribution < -0.4 is 10.1 Å². The van der Waals surface area contributed by atoms with Crippen LogP contribution in [0.2, 0.25) is 0 Å². The van der Waals surface area contributed by atoms with Crippen LogP contribution in [-0.2, 0) is 32.7 Å². The zero-order valence-corrected chi connectivity index (χ0v) is 20.4. The molecule has 1 aliphatic heterocycles. The molecule has 0 aromatic heterocycles. The maximum absolute atomic E-state index is 13.4. The first kappa shape index (κ1) is 25.6. The number of rotatable bonds is 9. The molecule has 1 aliphatic rings. The topological polar surface area (TPSA) is 96.0 Å². The molecular formula is C24H30FN3O5S. The van der Waals surface area contributed by atoms with Gasteiger partial charge in [-0.2, -0.15) is 4.31 Å². The molecular weight excluding hydrogens is 461 g/mol. The summed E-state index contributed by atoms with van der Waals surface area (Å²) in [4.78, 5) is 28.0. The Bertz CT molecular complexity index is 1120. The molecule has 0 unspecified atom stereocenters. The molecule has 0 saturated carbocycles. The molecule has 0 spiro atoms. The first-order chi connectivity index (χ1) is 16.1. The molecule has 2 amide bonds. The van der Waals surface area contributed by atoms with Gasteiger partial charge in [-0.1, -0.05) is 24.3 Å². The number of nitrogens with one attached hydrogen (secondary N) is 1. The minimum absolute atomic E-state index is 0.111. The van der Waals surface area contributed by atoms with E-state index in [0.717, 1.165) is 9.87 Å². The normalized spacial score (nSPS) is 19.2. The molecule has 8 nitrogen and oxygen atoms in total. The van der Waals surface area contributed by atoms with Crippen molar-refractivity contribution in [1.82, 2.24) is 14.5 Å². The van der Waals surface area contributed by atoms with Crippen LogP contribution in [0.15, 0.2) is 48.5 Å². The van der Waals surface area contributed by atoms with Gasteiger partial charge in [-0.05, 0) is 56.2 Å². The summed E-state index contributed by atoms with van der Waals surface area (Å²) in [6.45, 7) is 5.22. The highest BCUT2D eigenvalue weighted by atomic mass is 32.2. The molecule has 184 valence electrons. The number of sulfonamides is 1. The van der Waals surface area contributed by atoms with E-state index in [0.29, 0.717) is 17.9 Å². The van der Waals surface area contributed by atoms with Gasteiger partial charge in [-0.15, -0.1) is 0 Å². The summed E-state index contributed by atoms with van der Waals surface area (Å²) >= 11 is 0. The van der Waals surface area contributed by atoms with Crippen LogP contribution in [0, 0.1) is 5.82 Å². The second-order valence-electron chi connectivity index (χ2n) is 8.31. The Morgan fingerprint density at radius 3 is 2.29 bits per heavy atom. The first-order valence-electron chi connectivity index (χ1n) is 11.1. The number of amides is 2. The zero-order valence-electron chi connectivity index (χ0n) is 19.6. The van der Waals surface area contributed by atoms with Gasteiger partial charge >= 0.3 is 0 Å². The highest BCUT2D eigenvalue weighted by Gasteiger charge is 2.49. The SMILES string of the molecule is CCOc1ccc(CN2C(=O)CN(S(=O)(=O)CC)C[C@]2(C)C(=O)NCc2ccc(F)cc2)cc1. The third-order valence-corrected chi connectivity index (χ3v) is 7.66. The number of halogens is 1. The van der Waals surface area contributed by atoms with Crippen LogP contribution in [0.3, 0.4) is 0 Å². The minimum atomic E-state index is -3.69. The second kappa shape index (κ2) is 10.5. The lowest BCUT2D eigenvalue weighted by molar-refractivity contribution is -0.153. The van der Waals surface area contributed by atoms with Crippen molar-refractivity contribution in [3.8, 4) is 5.75 Å². The molecule has 0 aliphatic carbocycles. The Kier molecular flexibility index (Phi) is 7.93. The fraction of sp³-hybridized carbons (Fsp3) is 0.417. The van der Waals surface area contributed by atoms with Crippen molar-refractivity contribution in [3.05, 3.63) is 65.5 Å². The molecule has 1 heterocycles. The fourth-order valence-corrected chi connectivity index (χ4v) is 4.97. The van der Waals surface area contributed by atoms with E-state index in [1.807, 2.05) is 19.1 Å². The van der Waals surface area contributed by atoms with Gasteiger partial charge in [0, 0.05) is 19.6 Å². The van der Waals surface area contributed by atoms with Gasteiger partial charge in [-0.3, -0.25) is 9.59 Å². The molecule has 2 aromatic carbocycles. The third kappa shape index (κ3) is 5.74. The van der Waals surface area contributed by atoms with Crippen molar-refractivity contribution < 1.29 is 27.1 Å². The predicted octanol–water partition coefficient (Wildman–Crippen LogP) is 2.29. The van der Waals surface area contributed by atoms with Crippen molar-refractivity contribution in [3.63, 3.8) is 0 Å². The number of hydrogen-bond acceptors (Lipinski definition) is 5. The van der Waals surface area contributed by atoms with Crippen molar-refractivity contribution >= 4 is 21.8 Å². The van der Waals surface area contributed by atoms with Gasteiger partial charge < -0.3 is 15.0 Å². The Balaban J connectivity index is 1.87. The van der Waals surface area contributed by atoms with Gasteiger partial charge in [0.25, 0.3) is 0 Å². The highest BCUT2D eigenvalue weighted by molar-refractivity contribution is 7.89. The Labute approximate surface area is 199 Å². The Morgan fingerprint density at radius 2 is 1.71 bits per heavy atom. The number of carbonyl (C=O) groups is 2. The number of ether oxygens (including phenoxy) is 1. The zero-order chi connectivity index (χ0) is 24.9. The standard InChI is InChI=1S/C24H30FN3O5S/c1-4-33-21-12-8-19(9-13-21)15-28-22(29)16-27(34(31,32)5-2)17-24(28,3)23(30)26-14-18-6-10-20(25)11-7-18/h6-13H,4-5,14-17H2,1-3H3,(H,26,30)/t24-/m1/s1. The lowest BCUT2D eigenvalue weighted by Crippen LogP contribution is -2.69. The molecule has 2 aromatic rings. The fourth-order valence-electron chi connectivity index (χ4n) is 3.85. The van der Waals surface area contributed by atoms with E-state index in [9.17, 15) is 22.4 Å². The maximum Gasteiger partial charge on any atom is 0.247 e. The van der Waals surface area contributed by atoms with E-state index in [2.05, 4.69) is 5.32 Å². The van der Waals surface area contributed by atoms with E-state index < -0.39 is 27.4 Å². The monoisotopic (exact) mass is 491 g/mol. The van der Waals surface area contributed by atoms with Gasteiger partial charge in [0.05, 0.1) is 18.9 Å². The summed E-state index contributed by atoms with van der Waals surface area (Å²) in [7, 11) is -3.69. The molecule has 10 heteroatoms. The summed E-state index contributed by atoms with van der Waals surface area (Å²) in [6, 6.07) is 12.9. The highest BCUT2D eigenvalue weighted by Crippen LogP contribution is 2.28. The average molecular weight is 492 g/mol. The van der Waals surface area contributed by atoms with Crippen LogP contribution in [0.1, 0.15) is 31.9 Å².